The van der Waals surface area contributed by atoms with E-state index in [0.29, 0.717) is 12.8 Å². The van der Waals surface area contributed by atoms with Gasteiger partial charge in [-0.05, 0) is 19.8 Å². The van der Waals surface area contributed by atoms with Crippen LogP contribution in [0.3, 0.4) is 0 Å². The first-order chi connectivity index (χ1) is 8.92. The van der Waals surface area contributed by atoms with E-state index in [1.54, 1.807) is 6.92 Å². The fourth-order valence-electron chi connectivity index (χ4n) is 1.87. The summed E-state index contributed by atoms with van der Waals surface area (Å²) in [6.07, 6.45) is 10.00. The third-order valence-electron chi connectivity index (χ3n) is 2.90. The third kappa shape index (κ3) is 20.8. The average Bonchev–Trinajstić information content (AvgIpc) is 2.28. The topological polar surface area (TPSA) is 83.5 Å². The van der Waals surface area contributed by atoms with Crippen molar-refractivity contribution < 1.29 is 51.5 Å². The van der Waals surface area contributed by atoms with Gasteiger partial charge in [-0.15, -0.1) is 0 Å². The number of Topliss-reactive ketones (excluding diaryl/α,β-unsaturated/α-hetero) is 1. The van der Waals surface area contributed by atoms with Crippen molar-refractivity contribution in [2.45, 2.75) is 71.1 Å². The predicted molar refractivity (Wildman–Crippen MR) is 72.5 cm³/mol. The number of ketones is 1. The van der Waals surface area contributed by atoms with E-state index >= 15 is 0 Å². The minimum absolute atomic E-state index is 0. The maximum Gasteiger partial charge on any atom is 1.00 e. The Morgan fingerprint density at radius 1 is 0.900 bits per heavy atom. The first-order valence-corrected chi connectivity index (χ1v) is 8.35. The second kappa shape index (κ2) is 14.5. The molecule has 0 spiro atoms. The Kier molecular flexibility index (Phi) is 16.5. The van der Waals surface area contributed by atoms with Gasteiger partial charge in [-0.1, -0.05) is 44.9 Å². The van der Waals surface area contributed by atoms with Crippen LogP contribution in [-0.2, 0) is 19.4 Å². The molecule has 114 valence electrons. The SMILES string of the molecule is CC(=O)CCCCCCCCCCCOS(=O)(=O)[O-].[Na+]. The first-order valence-electron chi connectivity index (χ1n) is 7.01. The summed E-state index contributed by atoms with van der Waals surface area (Å²) < 4.78 is 34.5. The molecule has 0 saturated carbocycles. The molecule has 5 nitrogen and oxygen atoms in total. The van der Waals surface area contributed by atoms with Crippen molar-refractivity contribution >= 4 is 16.2 Å². The van der Waals surface area contributed by atoms with E-state index in [9.17, 15) is 17.8 Å². The van der Waals surface area contributed by atoms with Crippen molar-refractivity contribution in [2.24, 2.45) is 0 Å². The normalized spacial score (nSPS) is 11.1. The zero-order valence-corrected chi connectivity index (χ0v) is 15.5. The molecule has 0 aromatic carbocycles. The van der Waals surface area contributed by atoms with E-state index in [1.165, 1.54) is 19.3 Å². The van der Waals surface area contributed by atoms with Crippen LogP contribution < -0.4 is 29.6 Å². The summed E-state index contributed by atoms with van der Waals surface area (Å²) in [5, 5.41) is 0. The molecular formula is C13H25NaO5S. The summed E-state index contributed by atoms with van der Waals surface area (Å²) in [5.74, 6) is 0.266. The van der Waals surface area contributed by atoms with Gasteiger partial charge in [0.15, 0.2) is 0 Å². The Labute approximate surface area is 145 Å². The third-order valence-corrected chi connectivity index (χ3v) is 3.36. The molecule has 0 bridgehead atoms. The molecule has 0 amide bonds. The number of rotatable bonds is 13. The Hall–Kier alpha value is 0.540. The van der Waals surface area contributed by atoms with Gasteiger partial charge in [-0.25, -0.2) is 8.42 Å². The molecule has 0 saturated heterocycles. The van der Waals surface area contributed by atoms with Gasteiger partial charge < -0.3 is 9.35 Å². The quantitative estimate of drug-likeness (QED) is 0.206. The molecule has 0 unspecified atom stereocenters. The van der Waals surface area contributed by atoms with E-state index in [-0.39, 0.29) is 41.9 Å². The van der Waals surface area contributed by atoms with Gasteiger partial charge in [0.05, 0.1) is 6.61 Å². The zero-order chi connectivity index (χ0) is 14.6. The molecule has 7 heteroatoms. The van der Waals surface area contributed by atoms with Crippen molar-refractivity contribution in [2.75, 3.05) is 6.61 Å². The minimum atomic E-state index is -4.51. The van der Waals surface area contributed by atoms with Crippen LogP contribution in [0.1, 0.15) is 71.1 Å². The molecule has 0 heterocycles. The van der Waals surface area contributed by atoms with Gasteiger partial charge in [-0.3, -0.25) is 4.18 Å². The van der Waals surface area contributed by atoms with Crippen molar-refractivity contribution in [1.29, 1.82) is 0 Å². The van der Waals surface area contributed by atoms with Crippen molar-refractivity contribution in [1.82, 2.24) is 0 Å². The standard InChI is InChI=1S/C13H26O5S.Na/c1-13(14)11-9-7-5-3-2-4-6-8-10-12-18-19(15,16)17;/h2-12H2,1H3,(H,15,16,17);/q;+1/p-1. The van der Waals surface area contributed by atoms with Crippen LogP contribution >= 0.6 is 0 Å². The number of carbonyl (C=O) groups excluding carboxylic acids is 1. The summed E-state index contributed by atoms with van der Waals surface area (Å²) in [7, 11) is -4.51. The van der Waals surface area contributed by atoms with Crippen LogP contribution in [0.15, 0.2) is 0 Å². The fourth-order valence-corrected chi connectivity index (χ4v) is 2.20. The van der Waals surface area contributed by atoms with Crippen LogP contribution in [0.25, 0.3) is 0 Å². The molecule has 0 aliphatic carbocycles. The van der Waals surface area contributed by atoms with E-state index < -0.39 is 10.4 Å². The Morgan fingerprint density at radius 3 is 1.70 bits per heavy atom. The minimum Gasteiger partial charge on any atom is -0.726 e. The largest absolute Gasteiger partial charge is 1.00 e. The van der Waals surface area contributed by atoms with Crippen molar-refractivity contribution in [3.63, 3.8) is 0 Å². The van der Waals surface area contributed by atoms with Crippen molar-refractivity contribution in [3.05, 3.63) is 0 Å². The van der Waals surface area contributed by atoms with Crippen LogP contribution in [-0.4, -0.2) is 25.4 Å². The van der Waals surface area contributed by atoms with E-state index in [1.807, 2.05) is 0 Å². The Bertz CT molecular complexity index is 330. The number of hydrogen-bond acceptors (Lipinski definition) is 5. The molecule has 0 aliphatic rings. The number of hydrogen-bond donors (Lipinski definition) is 0. The molecule has 20 heavy (non-hydrogen) atoms. The Morgan fingerprint density at radius 2 is 1.30 bits per heavy atom. The van der Waals surface area contributed by atoms with Gasteiger partial charge in [0, 0.05) is 6.42 Å². The summed E-state index contributed by atoms with van der Waals surface area (Å²) in [6, 6.07) is 0. The molecule has 0 aliphatic heterocycles. The monoisotopic (exact) mass is 316 g/mol. The predicted octanol–water partition coefficient (Wildman–Crippen LogP) is -0.0428. The Balaban J connectivity index is 0. The van der Waals surface area contributed by atoms with Crippen molar-refractivity contribution in [3.8, 4) is 0 Å². The fraction of sp³-hybridized carbons (Fsp3) is 0.923. The van der Waals surface area contributed by atoms with Crippen LogP contribution in [0.5, 0.6) is 0 Å². The van der Waals surface area contributed by atoms with Gasteiger partial charge in [0.2, 0.25) is 10.4 Å². The second-order valence-corrected chi connectivity index (χ2v) is 5.92. The molecule has 0 radical (unpaired) electrons. The second-order valence-electron chi connectivity index (χ2n) is 4.86. The average molecular weight is 316 g/mol. The maximum atomic E-state index is 10.7. The molecule has 0 aromatic heterocycles. The maximum absolute atomic E-state index is 10.7. The summed E-state index contributed by atoms with van der Waals surface area (Å²) >= 11 is 0. The van der Waals surface area contributed by atoms with E-state index in [4.69, 9.17) is 0 Å². The van der Waals surface area contributed by atoms with E-state index in [2.05, 4.69) is 4.18 Å². The summed E-state index contributed by atoms with van der Waals surface area (Å²) in [6.45, 7) is 1.62. The molecule has 0 fully saturated rings. The first kappa shape index (κ1) is 22.8. The zero-order valence-electron chi connectivity index (χ0n) is 12.7. The van der Waals surface area contributed by atoms with Crippen LogP contribution in [0.4, 0.5) is 0 Å². The number of carbonyl (C=O) groups is 1. The summed E-state index contributed by atoms with van der Waals surface area (Å²) in [4.78, 5) is 10.7. The summed E-state index contributed by atoms with van der Waals surface area (Å²) in [5.41, 5.74) is 0. The molecule has 0 atom stereocenters. The van der Waals surface area contributed by atoms with Gasteiger partial charge in [0.25, 0.3) is 0 Å². The van der Waals surface area contributed by atoms with Crippen LogP contribution in [0, 0.1) is 0 Å². The van der Waals surface area contributed by atoms with E-state index in [0.717, 1.165) is 32.1 Å². The molecular weight excluding hydrogens is 291 g/mol. The smallest absolute Gasteiger partial charge is 0.726 e. The number of unbranched alkanes of at least 4 members (excludes halogenated alkanes) is 8. The van der Waals surface area contributed by atoms with Crippen LogP contribution in [0.2, 0.25) is 0 Å². The van der Waals surface area contributed by atoms with Gasteiger partial charge in [0.1, 0.15) is 5.78 Å². The van der Waals surface area contributed by atoms with Gasteiger partial charge >= 0.3 is 29.6 Å². The molecule has 0 rings (SSSR count). The molecule has 0 N–H and O–H groups in total. The van der Waals surface area contributed by atoms with Gasteiger partial charge in [-0.2, -0.15) is 0 Å². The molecule has 0 aromatic rings.